The molecule has 0 radical (unpaired) electrons. The van der Waals surface area contributed by atoms with Gasteiger partial charge in [-0.05, 0) is 36.0 Å². The number of nitrogens with zero attached hydrogens (tertiary/aromatic N) is 3. The molecule has 7 heteroatoms. The van der Waals surface area contributed by atoms with Crippen molar-refractivity contribution in [1.82, 2.24) is 20.2 Å². The highest BCUT2D eigenvalue weighted by molar-refractivity contribution is 14.0. The predicted molar refractivity (Wildman–Crippen MR) is 127 cm³/mol. The number of methoxy groups -OCH3 is 1. The van der Waals surface area contributed by atoms with Crippen LogP contribution < -0.4 is 15.4 Å². The summed E-state index contributed by atoms with van der Waals surface area (Å²) in [5, 5.41) is 6.75. The quantitative estimate of drug-likeness (QED) is 0.311. The molecule has 1 heterocycles. The Morgan fingerprint density at radius 2 is 1.89 bits per heavy atom. The lowest BCUT2D eigenvalue weighted by Gasteiger charge is -2.16. The number of imidazole rings is 1. The van der Waals surface area contributed by atoms with Gasteiger partial charge in [0.1, 0.15) is 11.6 Å². The van der Waals surface area contributed by atoms with Crippen molar-refractivity contribution in [3.05, 3.63) is 48.0 Å². The van der Waals surface area contributed by atoms with Crippen LogP contribution in [0.5, 0.6) is 5.75 Å². The van der Waals surface area contributed by atoms with Crippen LogP contribution >= 0.6 is 24.0 Å². The summed E-state index contributed by atoms with van der Waals surface area (Å²) in [4.78, 5) is 8.76. The van der Waals surface area contributed by atoms with Gasteiger partial charge in [0.25, 0.3) is 0 Å². The van der Waals surface area contributed by atoms with Gasteiger partial charge in [0, 0.05) is 32.5 Å². The molecule has 156 valence electrons. The van der Waals surface area contributed by atoms with Crippen molar-refractivity contribution in [2.75, 3.05) is 20.7 Å². The van der Waals surface area contributed by atoms with Gasteiger partial charge in [-0.15, -0.1) is 24.0 Å². The Labute approximate surface area is 186 Å². The molecule has 0 saturated heterocycles. The molecular weight excluding hydrogens is 465 g/mol. The van der Waals surface area contributed by atoms with Gasteiger partial charge in [-0.3, -0.25) is 4.99 Å². The summed E-state index contributed by atoms with van der Waals surface area (Å²) >= 11 is 0. The second-order valence-electron chi connectivity index (χ2n) is 7.21. The Balaban J connectivity index is 0.00000392. The lowest BCUT2D eigenvalue weighted by atomic mass is 9.98. The van der Waals surface area contributed by atoms with Gasteiger partial charge in [0.2, 0.25) is 0 Å². The highest BCUT2D eigenvalue weighted by atomic mass is 127. The Morgan fingerprint density at radius 3 is 2.50 bits per heavy atom. The molecule has 1 aromatic carbocycles. The summed E-state index contributed by atoms with van der Waals surface area (Å²) in [5.74, 6) is 3.78. The Kier molecular flexibility index (Phi) is 11.0. The van der Waals surface area contributed by atoms with Crippen LogP contribution in [0.25, 0.3) is 0 Å². The molecule has 0 spiro atoms. The van der Waals surface area contributed by atoms with E-state index in [0.29, 0.717) is 18.4 Å². The average molecular weight is 499 g/mol. The Bertz CT molecular complexity index is 712. The van der Waals surface area contributed by atoms with Gasteiger partial charge in [-0.25, -0.2) is 4.98 Å². The number of rotatable bonds is 9. The smallest absolute Gasteiger partial charge is 0.191 e. The minimum atomic E-state index is 0. The predicted octanol–water partition coefficient (Wildman–Crippen LogP) is 4.02. The highest BCUT2D eigenvalue weighted by Gasteiger charge is 2.08. The van der Waals surface area contributed by atoms with E-state index in [2.05, 4.69) is 58.1 Å². The minimum Gasteiger partial charge on any atom is -0.497 e. The van der Waals surface area contributed by atoms with E-state index in [4.69, 9.17) is 4.74 Å². The molecule has 0 saturated carbocycles. The fraction of sp³-hybridized carbons (Fsp3) is 0.524. The standard InChI is InChI=1S/C21H33N5O.HI/c1-16(2)15-26-13-12-23-20(26)14-25-21(22-4)24-11-10-17(3)18-6-8-19(27-5)9-7-18;/h6-9,12-13,16-17H,10-11,14-15H2,1-5H3,(H2,22,24,25);1H. The fourth-order valence-electron chi connectivity index (χ4n) is 2.96. The molecular formula is C21H34IN5O. The lowest BCUT2D eigenvalue weighted by Crippen LogP contribution is -2.38. The van der Waals surface area contributed by atoms with E-state index in [1.54, 1.807) is 14.2 Å². The van der Waals surface area contributed by atoms with E-state index >= 15 is 0 Å². The number of nitrogens with one attached hydrogen (secondary N) is 2. The van der Waals surface area contributed by atoms with Crippen LogP contribution in [0.3, 0.4) is 0 Å². The first-order valence-electron chi connectivity index (χ1n) is 9.62. The highest BCUT2D eigenvalue weighted by Crippen LogP contribution is 2.21. The van der Waals surface area contributed by atoms with E-state index in [9.17, 15) is 0 Å². The van der Waals surface area contributed by atoms with Gasteiger partial charge in [0.05, 0.1) is 13.7 Å². The van der Waals surface area contributed by atoms with Crippen LogP contribution in [0.15, 0.2) is 41.7 Å². The van der Waals surface area contributed by atoms with Crippen molar-refractivity contribution in [2.24, 2.45) is 10.9 Å². The van der Waals surface area contributed by atoms with Crippen LogP contribution in [0.4, 0.5) is 0 Å². The maximum atomic E-state index is 5.22. The zero-order valence-electron chi connectivity index (χ0n) is 17.6. The second kappa shape index (κ2) is 12.6. The van der Waals surface area contributed by atoms with E-state index in [1.165, 1.54) is 5.56 Å². The van der Waals surface area contributed by atoms with Gasteiger partial charge in [-0.1, -0.05) is 32.9 Å². The first-order chi connectivity index (χ1) is 13.0. The van der Waals surface area contributed by atoms with Crippen molar-refractivity contribution in [3.8, 4) is 5.75 Å². The summed E-state index contributed by atoms with van der Waals surface area (Å²) in [6.07, 6.45) is 4.91. The van der Waals surface area contributed by atoms with E-state index in [1.807, 2.05) is 24.5 Å². The number of hydrogen-bond acceptors (Lipinski definition) is 3. The van der Waals surface area contributed by atoms with Gasteiger partial charge in [-0.2, -0.15) is 0 Å². The van der Waals surface area contributed by atoms with E-state index in [0.717, 1.165) is 37.0 Å². The fourth-order valence-corrected chi connectivity index (χ4v) is 2.96. The maximum Gasteiger partial charge on any atom is 0.191 e. The second-order valence-corrected chi connectivity index (χ2v) is 7.21. The number of ether oxygens (including phenoxy) is 1. The van der Waals surface area contributed by atoms with Crippen LogP contribution in [-0.4, -0.2) is 36.2 Å². The van der Waals surface area contributed by atoms with Crippen LogP contribution in [0.2, 0.25) is 0 Å². The van der Waals surface area contributed by atoms with Crippen molar-refractivity contribution < 1.29 is 4.74 Å². The zero-order chi connectivity index (χ0) is 19.6. The molecule has 0 aliphatic rings. The normalized spacial score (nSPS) is 12.4. The summed E-state index contributed by atoms with van der Waals surface area (Å²) in [6, 6.07) is 8.29. The first kappa shape index (κ1) is 24.3. The third kappa shape index (κ3) is 7.69. The molecule has 2 rings (SSSR count). The lowest BCUT2D eigenvalue weighted by molar-refractivity contribution is 0.414. The third-order valence-corrected chi connectivity index (χ3v) is 4.56. The van der Waals surface area contributed by atoms with Crippen LogP contribution in [0, 0.1) is 5.92 Å². The van der Waals surface area contributed by atoms with Crippen LogP contribution in [-0.2, 0) is 13.1 Å². The number of guanidine groups is 1. The number of halogens is 1. The Morgan fingerprint density at radius 1 is 1.18 bits per heavy atom. The molecule has 0 bridgehead atoms. The summed E-state index contributed by atoms with van der Waals surface area (Å²) in [6.45, 7) is 9.15. The third-order valence-electron chi connectivity index (χ3n) is 4.56. The molecule has 0 fully saturated rings. The summed E-state index contributed by atoms with van der Waals surface area (Å²) in [5.41, 5.74) is 1.32. The van der Waals surface area contributed by atoms with E-state index < -0.39 is 0 Å². The molecule has 1 atom stereocenters. The number of hydrogen-bond donors (Lipinski definition) is 2. The monoisotopic (exact) mass is 499 g/mol. The maximum absolute atomic E-state index is 5.22. The molecule has 1 aromatic heterocycles. The first-order valence-corrected chi connectivity index (χ1v) is 9.62. The zero-order valence-corrected chi connectivity index (χ0v) is 19.9. The molecule has 6 nitrogen and oxygen atoms in total. The number of aliphatic imine (C=N–C) groups is 1. The molecule has 0 aliphatic carbocycles. The molecule has 0 aliphatic heterocycles. The molecule has 1 unspecified atom stereocenters. The molecule has 2 N–H and O–H groups in total. The molecule has 0 amide bonds. The average Bonchev–Trinajstić information content (AvgIpc) is 3.10. The summed E-state index contributed by atoms with van der Waals surface area (Å²) in [7, 11) is 3.49. The van der Waals surface area contributed by atoms with Gasteiger partial charge < -0.3 is 19.9 Å². The van der Waals surface area contributed by atoms with Crippen molar-refractivity contribution >= 4 is 29.9 Å². The molecule has 2 aromatic rings. The van der Waals surface area contributed by atoms with Gasteiger partial charge in [0.15, 0.2) is 5.96 Å². The largest absolute Gasteiger partial charge is 0.497 e. The Hall–Kier alpha value is -1.77. The van der Waals surface area contributed by atoms with Crippen molar-refractivity contribution in [1.29, 1.82) is 0 Å². The minimum absolute atomic E-state index is 0. The topological polar surface area (TPSA) is 63.5 Å². The number of aromatic nitrogens is 2. The SMILES string of the molecule is CN=C(NCCC(C)c1ccc(OC)cc1)NCc1nccn1CC(C)C.I. The van der Waals surface area contributed by atoms with Crippen molar-refractivity contribution in [2.45, 2.75) is 46.2 Å². The number of benzene rings is 1. The van der Waals surface area contributed by atoms with E-state index in [-0.39, 0.29) is 24.0 Å². The van der Waals surface area contributed by atoms with Crippen LogP contribution in [0.1, 0.15) is 44.5 Å². The molecule has 28 heavy (non-hydrogen) atoms. The summed E-state index contributed by atoms with van der Waals surface area (Å²) < 4.78 is 7.41. The van der Waals surface area contributed by atoms with Gasteiger partial charge >= 0.3 is 0 Å². The van der Waals surface area contributed by atoms with Crippen molar-refractivity contribution in [3.63, 3.8) is 0 Å².